The molecule has 1 N–H and O–H groups in total. The summed E-state index contributed by atoms with van der Waals surface area (Å²) in [4.78, 5) is 0. The quantitative estimate of drug-likeness (QED) is 0.843. The van der Waals surface area contributed by atoms with Gasteiger partial charge in [0.2, 0.25) is 0 Å². The molecule has 0 aliphatic heterocycles. The predicted octanol–water partition coefficient (Wildman–Crippen LogP) is 3.60. The minimum absolute atomic E-state index is 0.281. The Balaban J connectivity index is 2.05. The fourth-order valence-corrected chi connectivity index (χ4v) is 2.51. The van der Waals surface area contributed by atoms with Crippen molar-refractivity contribution in [1.82, 2.24) is 5.32 Å². The summed E-state index contributed by atoms with van der Waals surface area (Å²) >= 11 is 0. The molecule has 1 atom stereocenters. The van der Waals surface area contributed by atoms with Gasteiger partial charge in [0.1, 0.15) is 11.5 Å². The molecule has 21 heavy (non-hydrogen) atoms. The Labute approximate surface area is 126 Å². The van der Waals surface area contributed by atoms with Crippen molar-refractivity contribution in [1.29, 1.82) is 0 Å². The van der Waals surface area contributed by atoms with Gasteiger partial charge in [-0.1, -0.05) is 30.3 Å². The largest absolute Gasteiger partial charge is 0.497 e. The summed E-state index contributed by atoms with van der Waals surface area (Å²) in [5, 5.41) is 3.38. The molecule has 0 aliphatic carbocycles. The van der Waals surface area contributed by atoms with Gasteiger partial charge in [-0.15, -0.1) is 0 Å². The molecule has 0 aromatic heterocycles. The first-order chi connectivity index (χ1) is 10.3. The predicted molar refractivity (Wildman–Crippen MR) is 86.1 cm³/mol. The highest BCUT2D eigenvalue weighted by molar-refractivity contribution is 5.36. The number of methoxy groups -OCH3 is 2. The van der Waals surface area contributed by atoms with E-state index in [2.05, 4.69) is 29.6 Å². The van der Waals surface area contributed by atoms with Crippen molar-refractivity contribution in [2.75, 3.05) is 21.3 Å². The van der Waals surface area contributed by atoms with Crippen molar-refractivity contribution in [2.45, 2.75) is 18.9 Å². The Hall–Kier alpha value is -2.00. The second-order valence-corrected chi connectivity index (χ2v) is 4.97. The lowest BCUT2D eigenvalue weighted by atomic mass is 9.98. The molecule has 0 bridgehead atoms. The molecule has 0 radical (unpaired) electrons. The molecular weight excluding hydrogens is 262 g/mol. The molecule has 112 valence electrons. The van der Waals surface area contributed by atoms with Gasteiger partial charge in [0.25, 0.3) is 0 Å². The Morgan fingerprint density at radius 2 is 1.67 bits per heavy atom. The maximum atomic E-state index is 5.45. The summed E-state index contributed by atoms with van der Waals surface area (Å²) in [7, 11) is 5.40. The Kier molecular flexibility index (Phi) is 5.64. The van der Waals surface area contributed by atoms with Crippen molar-refractivity contribution < 1.29 is 9.47 Å². The highest BCUT2D eigenvalue weighted by Gasteiger charge is 2.13. The number of ether oxygens (including phenoxy) is 2. The normalized spacial score (nSPS) is 12.0. The van der Waals surface area contributed by atoms with Gasteiger partial charge < -0.3 is 14.8 Å². The SMILES string of the molecule is CNC(CCc1ccc(OC)cc1)c1ccccc1OC. The molecule has 0 saturated carbocycles. The number of rotatable bonds is 7. The highest BCUT2D eigenvalue weighted by Crippen LogP contribution is 2.28. The molecule has 0 amide bonds. The molecule has 0 fully saturated rings. The van der Waals surface area contributed by atoms with Gasteiger partial charge in [-0.2, -0.15) is 0 Å². The first kappa shape index (κ1) is 15.4. The minimum Gasteiger partial charge on any atom is -0.497 e. The van der Waals surface area contributed by atoms with E-state index in [1.54, 1.807) is 14.2 Å². The van der Waals surface area contributed by atoms with Crippen LogP contribution in [0.25, 0.3) is 0 Å². The topological polar surface area (TPSA) is 30.5 Å². The van der Waals surface area contributed by atoms with Crippen LogP contribution in [0.2, 0.25) is 0 Å². The number of para-hydroxylation sites is 1. The first-order valence-electron chi connectivity index (χ1n) is 7.21. The van der Waals surface area contributed by atoms with Crippen LogP contribution in [-0.2, 0) is 6.42 Å². The van der Waals surface area contributed by atoms with Crippen LogP contribution in [0.3, 0.4) is 0 Å². The number of aryl methyl sites for hydroxylation is 1. The molecule has 0 saturated heterocycles. The number of benzene rings is 2. The highest BCUT2D eigenvalue weighted by atomic mass is 16.5. The van der Waals surface area contributed by atoms with E-state index in [4.69, 9.17) is 9.47 Å². The second-order valence-electron chi connectivity index (χ2n) is 4.97. The van der Waals surface area contributed by atoms with Gasteiger partial charge in [0.05, 0.1) is 14.2 Å². The van der Waals surface area contributed by atoms with Crippen LogP contribution in [0.4, 0.5) is 0 Å². The standard InChI is InChI=1S/C18H23NO2/c1-19-17(16-6-4-5-7-18(16)21-3)13-10-14-8-11-15(20-2)12-9-14/h4-9,11-12,17,19H,10,13H2,1-3H3. The summed E-state index contributed by atoms with van der Waals surface area (Å²) < 4.78 is 10.6. The van der Waals surface area contributed by atoms with E-state index in [0.717, 1.165) is 24.3 Å². The van der Waals surface area contributed by atoms with Gasteiger partial charge in [-0.3, -0.25) is 0 Å². The summed E-state index contributed by atoms with van der Waals surface area (Å²) in [6.45, 7) is 0. The molecule has 0 heterocycles. The van der Waals surface area contributed by atoms with E-state index >= 15 is 0 Å². The van der Waals surface area contributed by atoms with E-state index < -0.39 is 0 Å². The van der Waals surface area contributed by atoms with E-state index in [1.807, 2.05) is 31.3 Å². The molecule has 0 aliphatic rings. The molecular formula is C18H23NO2. The zero-order valence-corrected chi connectivity index (χ0v) is 12.9. The van der Waals surface area contributed by atoms with Crippen LogP contribution in [0, 0.1) is 0 Å². The molecule has 3 nitrogen and oxygen atoms in total. The zero-order valence-electron chi connectivity index (χ0n) is 12.9. The van der Waals surface area contributed by atoms with Crippen LogP contribution in [0.1, 0.15) is 23.6 Å². The van der Waals surface area contributed by atoms with Gasteiger partial charge in [-0.25, -0.2) is 0 Å². The molecule has 1 unspecified atom stereocenters. The van der Waals surface area contributed by atoms with Crippen molar-refractivity contribution in [3.63, 3.8) is 0 Å². The van der Waals surface area contributed by atoms with Gasteiger partial charge in [-0.05, 0) is 43.7 Å². The molecule has 2 aromatic carbocycles. The van der Waals surface area contributed by atoms with Crippen molar-refractivity contribution in [3.05, 3.63) is 59.7 Å². The lowest BCUT2D eigenvalue weighted by molar-refractivity contribution is 0.399. The van der Waals surface area contributed by atoms with Crippen LogP contribution in [0.5, 0.6) is 11.5 Å². The maximum Gasteiger partial charge on any atom is 0.123 e. The van der Waals surface area contributed by atoms with E-state index in [1.165, 1.54) is 11.1 Å². The first-order valence-corrected chi connectivity index (χ1v) is 7.21. The van der Waals surface area contributed by atoms with Gasteiger partial charge in [0.15, 0.2) is 0 Å². The molecule has 0 spiro atoms. The third-order valence-electron chi connectivity index (χ3n) is 3.74. The van der Waals surface area contributed by atoms with Crippen LogP contribution in [0.15, 0.2) is 48.5 Å². The summed E-state index contributed by atoms with van der Waals surface area (Å²) in [6.07, 6.45) is 2.02. The summed E-state index contributed by atoms with van der Waals surface area (Å²) in [5.41, 5.74) is 2.52. The smallest absolute Gasteiger partial charge is 0.123 e. The Morgan fingerprint density at radius 1 is 0.952 bits per heavy atom. The monoisotopic (exact) mass is 285 g/mol. The molecule has 2 aromatic rings. The van der Waals surface area contributed by atoms with E-state index in [0.29, 0.717) is 0 Å². The Bertz CT molecular complexity index is 551. The number of hydrogen-bond acceptors (Lipinski definition) is 3. The van der Waals surface area contributed by atoms with Crippen molar-refractivity contribution in [2.24, 2.45) is 0 Å². The van der Waals surface area contributed by atoms with Crippen LogP contribution in [-0.4, -0.2) is 21.3 Å². The lowest BCUT2D eigenvalue weighted by Crippen LogP contribution is -2.17. The van der Waals surface area contributed by atoms with Crippen molar-refractivity contribution >= 4 is 0 Å². The zero-order chi connectivity index (χ0) is 15.1. The summed E-state index contributed by atoms with van der Waals surface area (Å²) in [6, 6.07) is 16.7. The fourth-order valence-electron chi connectivity index (χ4n) is 2.51. The van der Waals surface area contributed by atoms with Gasteiger partial charge in [0, 0.05) is 11.6 Å². The number of hydrogen-bond donors (Lipinski definition) is 1. The van der Waals surface area contributed by atoms with E-state index in [-0.39, 0.29) is 6.04 Å². The average Bonchev–Trinajstić information content (AvgIpc) is 2.56. The van der Waals surface area contributed by atoms with Crippen molar-refractivity contribution in [3.8, 4) is 11.5 Å². The lowest BCUT2D eigenvalue weighted by Gasteiger charge is -2.19. The third-order valence-corrected chi connectivity index (χ3v) is 3.74. The maximum absolute atomic E-state index is 5.45. The van der Waals surface area contributed by atoms with Crippen LogP contribution < -0.4 is 14.8 Å². The minimum atomic E-state index is 0.281. The second kappa shape index (κ2) is 7.70. The Morgan fingerprint density at radius 3 is 2.29 bits per heavy atom. The fraction of sp³-hybridized carbons (Fsp3) is 0.333. The molecule has 2 rings (SSSR count). The van der Waals surface area contributed by atoms with Gasteiger partial charge >= 0.3 is 0 Å². The van der Waals surface area contributed by atoms with E-state index in [9.17, 15) is 0 Å². The average molecular weight is 285 g/mol. The summed E-state index contributed by atoms with van der Waals surface area (Å²) in [5.74, 6) is 1.83. The third kappa shape index (κ3) is 3.99. The molecule has 3 heteroatoms. The van der Waals surface area contributed by atoms with Crippen LogP contribution >= 0.6 is 0 Å². The number of nitrogens with one attached hydrogen (secondary N) is 1.